The first-order chi connectivity index (χ1) is 16.5. The highest BCUT2D eigenvalue weighted by atomic mass is 16.5. The van der Waals surface area contributed by atoms with Gasteiger partial charge in [0.25, 0.3) is 0 Å². The fourth-order valence-electron chi connectivity index (χ4n) is 10.1. The molecule has 4 fully saturated rings. The number of methoxy groups -OCH3 is 1. The minimum Gasteiger partial charge on any atom is -0.469 e. The van der Waals surface area contributed by atoms with E-state index in [9.17, 15) is 14.7 Å². The predicted molar refractivity (Wildman–Crippen MR) is 136 cm³/mol. The highest BCUT2D eigenvalue weighted by Crippen LogP contribution is 2.70. The van der Waals surface area contributed by atoms with Crippen molar-refractivity contribution in [3.63, 3.8) is 0 Å². The van der Waals surface area contributed by atoms with Crippen LogP contribution in [0, 0.1) is 58.2 Å². The second-order valence-corrected chi connectivity index (χ2v) is 13.3. The first-order valence-electron chi connectivity index (χ1n) is 14.4. The van der Waals surface area contributed by atoms with Crippen molar-refractivity contribution in [2.75, 3.05) is 7.11 Å². The Kier molecular flexibility index (Phi) is 7.69. The Morgan fingerprint density at radius 1 is 1.09 bits per heavy atom. The van der Waals surface area contributed by atoms with Gasteiger partial charge in [-0.15, -0.1) is 0 Å². The Balaban J connectivity index is 1.70. The number of hydrogen-bond acceptors (Lipinski definition) is 5. The van der Waals surface area contributed by atoms with Crippen LogP contribution in [-0.4, -0.2) is 36.4 Å². The molecule has 35 heavy (non-hydrogen) atoms. The molecule has 4 aliphatic carbocycles. The number of esters is 2. The van der Waals surface area contributed by atoms with Crippen molar-refractivity contribution in [2.24, 2.45) is 58.2 Å². The van der Waals surface area contributed by atoms with Crippen molar-refractivity contribution in [1.82, 2.24) is 0 Å². The summed E-state index contributed by atoms with van der Waals surface area (Å²) in [5.41, 5.74) is -0.00997. The Morgan fingerprint density at radius 2 is 1.80 bits per heavy atom. The normalized spacial score (nSPS) is 47.7. The Bertz CT molecular complexity index is 796. The van der Waals surface area contributed by atoms with Gasteiger partial charge in [0.15, 0.2) is 0 Å². The topological polar surface area (TPSA) is 72.8 Å². The molecule has 0 bridgehead atoms. The molecule has 0 saturated heterocycles. The molecule has 4 aliphatic rings. The van der Waals surface area contributed by atoms with Crippen LogP contribution < -0.4 is 0 Å². The van der Waals surface area contributed by atoms with Crippen molar-refractivity contribution in [3.8, 4) is 0 Å². The number of aliphatic hydroxyl groups is 1. The summed E-state index contributed by atoms with van der Waals surface area (Å²) in [7, 11) is 1.45. The second kappa shape index (κ2) is 9.99. The number of hydrogen-bond donors (Lipinski definition) is 1. The molecular formula is C30H50O5. The lowest BCUT2D eigenvalue weighted by Gasteiger charge is -2.66. The van der Waals surface area contributed by atoms with Crippen molar-refractivity contribution < 1.29 is 24.2 Å². The highest BCUT2D eigenvalue weighted by molar-refractivity contribution is 5.69. The van der Waals surface area contributed by atoms with E-state index in [1.165, 1.54) is 26.4 Å². The smallest absolute Gasteiger partial charge is 0.305 e. The molecule has 0 aromatic heterocycles. The van der Waals surface area contributed by atoms with Crippen LogP contribution in [0.3, 0.4) is 0 Å². The van der Waals surface area contributed by atoms with Crippen LogP contribution in [0.15, 0.2) is 0 Å². The third kappa shape index (κ3) is 4.36. The zero-order valence-corrected chi connectivity index (χ0v) is 23.2. The van der Waals surface area contributed by atoms with Gasteiger partial charge in [0.1, 0.15) is 6.10 Å². The molecule has 12 atom stereocenters. The van der Waals surface area contributed by atoms with Gasteiger partial charge in [-0.1, -0.05) is 41.0 Å². The summed E-state index contributed by atoms with van der Waals surface area (Å²) in [6, 6.07) is 0. The molecule has 0 heterocycles. The standard InChI is InChI=1S/C30H50O5/c1-8-20-23-15-17(2)13-14-29(23,5)24-16-25(32)30(6)21(18(3)9-12-26(33)34-7)10-11-22(30)27(24)28(20)35-19(4)31/h17-18,20-25,27-28,32H,8-16H2,1-7H3/t17-,18-,20-,21-,22?,23+,24?,25+,27?,28?,29+,30-/m1/s1. The van der Waals surface area contributed by atoms with E-state index in [1.807, 2.05) is 0 Å². The first-order valence-corrected chi connectivity index (χ1v) is 14.4. The number of ether oxygens (including phenoxy) is 2. The first kappa shape index (κ1) is 26.9. The molecule has 0 aromatic rings. The summed E-state index contributed by atoms with van der Waals surface area (Å²) in [6.45, 7) is 13.3. The van der Waals surface area contributed by atoms with E-state index in [0.717, 1.165) is 32.1 Å². The fourth-order valence-corrected chi connectivity index (χ4v) is 10.1. The summed E-state index contributed by atoms with van der Waals surface area (Å²) >= 11 is 0. The fraction of sp³-hybridized carbons (Fsp3) is 0.933. The van der Waals surface area contributed by atoms with E-state index in [2.05, 4.69) is 34.6 Å². The zero-order chi connectivity index (χ0) is 25.7. The monoisotopic (exact) mass is 490 g/mol. The van der Waals surface area contributed by atoms with Crippen LogP contribution in [0.1, 0.15) is 99.3 Å². The molecule has 1 N–H and O–H groups in total. The zero-order valence-electron chi connectivity index (χ0n) is 23.2. The lowest BCUT2D eigenvalue weighted by molar-refractivity contribution is -0.233. The van der Waals surface area contributed by atoms with Crippen LogP contribution >= 0.6 is 0 Å². The number of carbonyl (C=O) groups is 2. The van der Waals surface area contributed by atoms with Gasteiger partial charge in [0.2, 0.25) is 0 Å². The summed E-state index contributed by atoms with van der Waals surface area (Å²) in [4.78, 5) is 24.3. The van der Waals surface area contributed by atoms with Gasteiger partial charge in [-0.3, -0.25) is 9.59 Å². The van der Waals surface area contributed by atoms with Gasteiger partial charge in [-0.2, -0.15) is 0 Å². The molecule has 0 aliphatic heterocycles. The molecule has 4 unspecified atom stereocenters. The summed E-state index contributed by atoms with van der Waals surface area (Å²) < 4.78 is 11.2. The number of fused-ring (bicyclic) bond motifs is 5. The van der Waals surface area contributed by atoms with Gasteiger partial charge in [0, 0.05) is 19.3 Å². The van der Waals surface area contributed by atoms with Gasteiger partial charge >= 0.3 is 11.9 Å². The quantitative estimate of drug-likeness (QED) is 0.461. The number of aliphatic hydroxyl groups excluding tert-OH is 1. The van der Waals surface area contributed by atoms with Crippen LogP contribution in [0.25, 0.3) is 0 Å². The lowest BCUT2D eigenvalue weighted by Crippen LogP contribution is -2.65. The largest absolute Gasteiger partial charge is 0.469 e. The molecule has 0 aromatic carbocycles. The van der Waals surface area contributed by atoms with Gasteiger partial charge in [-0.05, 0) is 97.2 Å². The Hall–Kier alpha value is -1.10. The van der Waals surface area contributed by atoms with Crippen molar-refractivity contribution in [1.29, 1.82) is 0 Å². The molecule has 0 spiro atoms. The molecular weight excluding hydrogens is 440 g/mol. The molecule has 0 radical (unpaired) electrons. The molecule has 5 heteroatoms. The van der Waals surface area contributed by atoms with Crippen molar-refractivity contribution in [3.05, 3.63) is 0 Å². The maximum absolute atomic E-state index is 12.4. The van der Waals surface area contributed by atoms with E-state index in [1.54, 1.807) is 6.92 Å². The van der Waals surface area contributed by atoms with Gasteiger partial charge in [0.05, 0.1) is 13.2 Å². The van der Waals surface area contributed by atoms with Crippen molar-refractivity contribution >= 4 is 11.9 Å². The van der Waals surface area contributed by atoms with E-state index in [-0.39, 0.29) is 35.0 Å². The van der Waals surface area contributed by atoms with Gasteiger partial charge < -0.3 is 14.6 Å². The average Bonchev–Trinajstić information content (AvgIpc) is 3.17. The summed E-state index contributed by atoms with van der Waals surface area (Å²) in [6.07, 6.45) is 8.52. The van der Waals surface area contributed by atoms with Gasteiger partial charge in [-0.25, -0.2) is 0 Å². The van der Waals surface area contributed by atoms with E-state index >= 15 is 0 Å². The molecule has 4 rings (SSSR count). The molecule has 0 amide bonds. The third-order valence-corrected chi connectivity index (χ3v) is 11.8. The Labute approximate surface area is 213 Å². The van der Waals surface area contributed by atoms with Crippen LogP contribution in [-0.2, 0) is 19.1 Å². The van der Waals surface area contributed by atoms with Crippen LogP contribution in [0.5, 0.6) is 0 Å². The summed E-state index contributed by atoms with van der Waals surface area (Å²) in [5, 5.41) is 11.9. The molecule has 5 nitrogen and oxygen atoms in total. The van der Waals surface area contributed by atoms with Crippen LogP contribution in [0.2, 0.25) is 0 Å². The van der Waals surface area contributed by atoms with E-state index in [0.29, 0.717) is 53.8 Å². The SMILES string of the molecule is CC[C@H]1C(OC(C)=O)C2C3CC[C@H]([C@H](C)CCC(=O)OC)[C@@]3(C)[C@@H](O)CC2[C@@]2(C)CC[C@@H](C)C[C@@H]12. The van der Waals surface area contributed by atoms with Crippen molar-refractivity contribution in [2.45, 2.75) is 112 Å². The minimum atomic E-state index is -0.352. The van der Waals surface area contributed by atoms with Crippen LogP contribution in [0.4, 0.5) is 0 Å². The second-order valence-electron chi connectivity index (χ2n) is 13.3. The highest BCUT2D eigenvalue weighted by Gasteiger charge is 2.68. The maximum atomic E-state index is 12.4. The predicted octanol–water partition coefficient (Wildman–Crippen LogP) is 6.02. The minimum absolute atomic E-state index is 0.0492. The maximum Gasteiger partial charge on any atom is 0.305 e. The molecule has 200 valence electrons. The Morgan fingerprint density at radius 3 is 2.43 bits per heavy atom. The lowest BCUT2D eigenvalue weighted by atomic mass is 9.40. The summed E-state index contributed by atoms with van der Waals surface area (Å²) in [5.74, 6) is 3.09. The number of rotatable bonds is 6. The molecule has 4 saturated carbocycles. The third-order valence-electron chi connectivity index (χ3n) is 11.8. The van der Waals surface area contributed by atoms with E-state index in [4.69, 9.17) is 9.47 Å². The van der Waals surface area contributed by atoms with E-state index < -0.39 is 0 Å². The average molecular weight is 491 g/mol. The number of carbonyl (C=O) groups excluding carboxylic acids is 2.